The molecule has 3 heteroatoms. The minimum atomic E-state index is -0.288. The monoisotopic (exact) mass is 224 g/mol. The van der Waals surface area contributed by atoms with Gasteiger partial charge in [-0.05, 0) is 32.3 Å². The molecule has 0 bridgehead atoms. The van der Waals surface area contributed by atoms with Gasteiger partial charge in [-0.1, -0.05) is 13.8 Å². The van der Waals surface area contributed by atoms with Gasteiger partial charge in [0.2, 0.25) is 0 Å². The molecule has 2 aliphatic rings. The van der Waals surface area contributed by atoms with E-state index in [0.29, 0.717) is 0 Å². The molecule has 0 N–H and O–H groups in total. The van der Waals surface area contributed by atoms with E-state index >= 15 is 0 Å². The lowest BCUT2D eigenvalue weighted by molar-refractivity contribution is -0.135. The van der Waals surface area contributed by atoms with E-state index in [4.69, 9.17) is 9.47 Å². The van der Waals surface area contributed by atoms with Crippen molar-refractivity contribution in [3.63, 3.8) is 0 Å². The molecule has 0 radical (unpaired) electrons. The number of epoxide rings is 1. The van der Waals surface area contributed by atoms with Crippen molar-refractivity contribution in [3.05, 3.63) is 12.3 Å². The predicted octanol–water partition coefficient (Wildman–Crippen LogP) is 2.80. The Bertz CT molecular complexity index is 345. The van der Waals surface area contributed by atoms with E-state index in [1.807, 2.05) is 6.08 Å². The number of carbonyl (C=O) groups excluding carboxylic acids is 1. The first kappa shape index (κ1) is 11.6. The Morgan fingerprint density at radius 2 is 2.00 bits per heavy atom. The second-order valence-corrected chi connectivity index (χ2v) is 5.72. The van der Waals surface area contributed by atoms with Crippen molar-refractivity contribution in [1.82, 2.24) is 0 Å². The number of fused-ring (bicyclic) bond motifs is 1. The summed E-state index contributed by atoms with van der Waals surface area (Å²) in [7, 11) is 0. The van der Waals surface area contributed by atoms with Crippen LogP contribution in [0, 0.1) is 5.41 Å². The van der Waals surface area contributed by atoms with Crippen molar-refractivity contribution in [2.24, 2.45) is 5.41 Å². The molecule has 90 valence electrons. The van der Waals surface area contributed by atoms with Gasteiger partial charge in [0.05, 0.1) is 11.9 Å². The number of carbonyl (C=O) groups is 1. The summed E-state index contributed by atoms with van der Waals surface area (Å²) in [6.45, 7) is 7.98. The van der Waals surface area contributed by atoms with Crippen LogP contribution in [-0.4, -0.2) is 17.2 Å². The quantitative estimate of drug-likeness (QED) is 0.411. The van der Waals surface area contributed by atoms with Gasteiger partial charge in [0, 0.05) is 12.3 Å². The maximum absolute atomic E-state index is 10.7. The molecule has 2 fully saturated rings. The summed E-state index contributed by atoms with van der Waals surface area (Å²) >= 11 is 0. The molecule has 0 aromatic heterocycles. The molecule has 2 atom stereocenters. The van der Waals surface area contributed by atoms with Gasteiger partial charge in [0.15, 0.2) is 0 Å². The summed E-state index contributed by atoms with van der Waals surface area (Å²) in [6, 6.07) is 0. The molecular formula is C13H20O3. The Morgan fingerprint density at radius 3 is 2.56 bits per heavy atom. The van der Waals surface area contributed by atoms with E-state index in [9.17, 15) is 4.79 Å². The van der Waals surface area contributed by atoms with E-state index in [0.717, 1.165) is 12.8 Å². The first-order chi connectivity index (χ1) is 7.33. The van der Waals surface area contributed by atoms with Crippen LogP contribution in [0.3, 0.4) is 0 Å². The third-order valence-electron chi connectivity index (χ3n) is 4.13. The van der Waals surface area contributed by atoms with Crippen LogP contribution in [0.2, 0.25) is 0 Å². The fourth-order valence-corrected chi connectivity index (χ4v) is 3.14. The standard InChI is InChI=1S/C13H20O3/c1-10(14)15-9-8-13-11(2,3)6-5-7-12(13,4)16-13/h8-9H,5-7H2,1-4H3/b9-8+. The topological polar surface area (TPSA) is 38.8 Å². The van der Waals surface area contributed by atoms with Crippen LogP contribution in [0.25, 0.3) is 0 Å². The van der Waals surface area contributed by atoms with Crippen molar-refractivity contribution in [3.8, 4) is 0 Å². The lowest BCUT2D eigenvalue weighted by atomic mass is 9.64. The number of ether oxygens (including phenoxy) is 2. The molecule has 1 saturated heterocycles. The molecule has 0 aromatic carbocycles. The van der Waals surface area contributed by atoms with E-state index in [-0.39, 0.29) is 22.6 Å². The lowest BCUT2D eigenvalue weighted by Crippen LogP contribution is -2.41. The highest BCUT2D eigenvalue weighted by Crippen LogP contribution is 2.65. The van der Waals surface area contributed by atoms with Crippen LogP contribution in [0.1, 0.15) is 47.0 Å². The van der Waals surface area contributed by atoms with Gasteiger partial charge >= 0.3 is 5.97 Å². The zero-order valence-corrected chi connectivity index (χ0v) is 10.5. The van der Waals surface area contributed by atoms with Crippen LogP contribution in [0.5, 0.6) is 0 Å². The Morgan fingerprint density at radius 1 is 1.31 bits per heavy atom. The number of rotatable bonds is 2. The molecule has 3 nitrogen and oxygen atoms in total. The fourth-order valence-electron chi connectivity index (χ4n) is 3.14. The third-order valence-corrected chi connectivity index (χ3v) is 4.13. The second-order valence-electron chi connectivity index (χ2n) is 5.72. The summed E-state index contributed by atoms with van der Waals surface area (Å²) in [5.74, 6) is -0.288. The first-order valence-electron chi connectivity index (χ1n) is 5.88. The van der Waals surface area contributed by atoms with Crippen molar-refractivity contribution in [2.75, 3.05) is 0 Å². The largest absolute Gasteiger partial charge is 0.435 e. The molecule has 0 spiro atoms. The Hall–Kier alpha value is -0.830. The van der Waals surface area contributed by atoms with Gasteiger partial charge < -0.3 is 9.47 Å². The Labute approximate surface area is 96.8 Å². The van der Waals surface area contributed by atoms with E-state index in [1.54, 1.807) is 0 Å². The van der Waals surface area contributed by atoms with Crippen molar-refractivity contribution < 1.29 is 14.3 Å². The van der Waals surface area contributed by atoms with Crippen LogP contribution < -0.4 is 0 Å². The predicted molar refractivity (Wildman–Crippen MR) is 60.8 cm³/mol. The number of hydrogen-bond donors (Lipinski definition) is 0. The van der Waals surface area contributed by atoms with Crippen molar-refractivity contribution >= 4 is 5.97 Å². The van der Waals surface area contributed by atoms with Crippen LogP contribution in [-0.2, 0) is 14.3 Å². The molecule has 0 aromatic rings. The zero-order chi connectivity index (χ0) is 12.0. The molecule has 16 heavy (non-hydrogen) atoms. The normalized spacial score (nSPS) is 40.5. The van der Waals surface area contributed by atoms with Gasteiger partial charge in [0.25, 0.3) is 0 Å². The van der Waals surface area contributed by atoms with Crippen LogP contribution in [0.15, 0.2) is 12.3 Å². The van der Waals surface area contributed by atoms with Crippen LogP contribution >= 0.6 is 0 Å². The third kappa shape index (κ3) is 1.49. The average Bonchev–Trinajstić information content (AvgIpc) is 2.72. The molecule has 1 aliphatic heterocycles. The molecule has 1 heterocycles. The number of esters is 1. The second kappa shape index (κ2) is 3.33. The Kier molecular flexibility index (Phi) is 2.42. The van der Waals surface area contributed by atoms with Crippen LogP contribution in [0.4, 0.5) is 0 Å². The maximum atomic E-state index is 10.7. The summed E-state index contributed by atoms with van der Waals surface area (Å²) in [4.78, 5) is 10.7. The molecule has 1 aliphatic carbocycles. The summed E-state index contributed by atoms with van der Waals surface area (Å²) in [5.41, 5.74) is -0.199. The van der Waals surface area contributed by atoms with E-state index in [1.165, 1.54) is 19.6 Å². The summed E-state index contributed by atoms with van der Waals surface area (Å²) < 4.78 is 10.8. The smallest absolute Gasteiger partial charge is 0.307 e. The van der Waals surface area contributed by atoms with Gasteiger partial charge in [-0.25, -0.2) is 0 Å². The minimum Gasteiger partial charge on any atom is -0.435 e. The zero-order valence-electron chi connectivity index (χ0n) is 10.5. The molecule has 0 amide bonds. The van der Waals surface area contributed by atoms with Gasteiger partial charge in [-0.15, -0.1) is 0 Å². The summed E-state index contributed by atoms with van der Waals surface area (Å²) in [6.07, 6.45) is 6.84. The van der Waals surface area contributed by atoms with Crippen molar-refractivity contribution in [2.45, 2.75) is 58.2 Å². The van der Waals surface area contributed by atoms with E-state index in [2.05, 4.69) is 20.8 Å². The van der Waals surface area contributed by atoms with E-state index < -0.39 is 0 Å². The first-order valence-corrected chi connectivity index (χ1v) is 5.88. The molecular weight excluding hydrogens is 204 g/mol. The summed E-state index contributed by atoms with van der Waals surface area (Å²) in [5, 5.41) is 0. The fraction of sp³-hybridized carbons (Fsp3) is 0.769. The van der Waals surface area contributed by atoms with Crippen molar-refractivity contribution in [1.29, 1.82) is 0 Å². The SMILES string of the molecule is CC(=O)O/C=C/C12OC1(C)CCCC2(C)C. The Balaban J connectivity index is 2.17. The highest BCUT2D eigenvalue weighted by atomic mass is 16.6. The highest BCUT2D eigenvalue weighted by Gasteiger charge is 2.73. The number of hydrogen-bond acceptors (Lipinski definition) is 3. The van der Waals surface area contributed by atoms with Gasteiger partial charge in [-0.3, -0.25) is 4.79 Å². The van der Waals surface area contributed by atoms with Gasteiger partial charge in [0.1, 0.15) is 5.60 Å². The molecule has 2 rings (SSSR count). The average molecular weight is 224 g/mol. The lowest BCUT2D eigenvalue weighted by Gasteiger charge is -2.36. The maximum Gasteiger partial charge on any atom is 0.307 e. The molecule has 2 unspecified atom stereocenters. The minimum absolute atomic E-state index is 0.0641. The highest BCUT2D eigenvalue weighted by molar-refractivity contribution is 5.66. The molecule has 1 saturated carbocycles. The van der Waals surface area contributed by atoms with Gasteiger partial charge in [-0.2, -0.15) is 0 Å².